The highest BCUT2D eigenvalue weighted by atomic mass is 16.6. The average Bonchev–Trinajstić information content (AvgIpc) is 2.88. The van der Waals surface area contributed by atoms with Crippen molar-refractivity contribution < 1.29 is 23.9 Å². The van der Waals surface area contributed by atoms with Gasteiger partial charge in [0.1, 0.15) is 23.4 Å². The summed E-state index contributed by atoms with van der Waals surface area (Å²) in [7, 11) is 1.59. The lowest BCUT2D eigenvalue weighted by molar-refractivity contribution is -0.141. The molecule has 0 heterocycles. The van der Waals surface area contributed by atoms with Gasteiger partial charge in [0.25, 0.3) is 5.91 Å². The van der Waals surface area contributed by atoms with Crippen LogP contribution in [0.4, 0.5) is 10.5 Å². The number of methoxy groups -OCH3 is 1. The van der Waals surface area contributed by atoms with E-state index in [1.165, 1.54) is 0 Å². The molecule has 232 valence electrons. The number of hydrogen-bond donors (Lipinski definition) is 2. The van der Waals surface area contributed by atoms with Crippen molar-refractivity contribution in [3.63, 3.8) is 0 Å². The van der Waals surface area contributed by atoms with E-state index < -0.39 is 23.8 Å². The number of benzene rings is 2. The third-order valence-electron chi connectivity index (χ3n) is 6.71. The lowest BCUT2D eigenvalue weighted by atomic mass is 9.96. The van der Waals surface area contributed by atoms with Crippen LogP contribution in [0, 0.1) is 19.8 Å². The Morgan fingerprint density at radius 1 is 0.929 bits per heavy atom. The number of alkyl carbamates (subject to hydrolysis) is 1. The van der Waals surface area contributed by atoms with E-state index in [0.29, 0.717) is 24.4 Å². The zero-order chi connectivity index (χ0) is 31.4. The molecule has 0 aliphatic carbocycles. The number of nitrogens with zero attached hydrogens (tertiary/aromatic N) is 1. The van der Waals surface area contributed by atoms with Crippen molar-refractivity contribution in [1.82, 2.24) is 10.2 Å². The molecule has 0 aliphatic heterocycles. The molecule has 0 radical (unpaired) electrons. The first-order valence-corrected chi connectivity index (χ1v) is 15.1. The first kappa shape index (κ1) is 34.7. The average molecular weight is 582 g/mol. The van der Waals surface area contributed by atoms with E-state index in [1.54, 1.807) is 57.0 Å². The van der Waals surface area contributed by atoms with Crippen LogP contribution in [0.2, 0.25) is 0 Å². The summed E-state index contributed by atoms with van der Waals surface area (Å²) in [6.45, 7) is 15.8. The Labute approximate surface area is 252 Å². The SMILES string of the molecule is CCCCCCN(C(=O)C(CC(C)C)NC(=O)OC(C)(C)C)C(C(=O)Nc1ccc(OC)cc1)c1cc(C)cc(C)c1. The van der Waals surface area contributed by atoms with Crippen molar-refractivity contribution in [2.45, 2.75) is 105 Å². The minimum atomic E-state index is -0.907. The normalized spacial score (nSPS) is 12.8. The molecule has 0 aliphatic rings. The number of carbonyl (C=O) groups excluding carboxylic acids is 3. The Balaban J connectivity index is 2.57. The van der Waals surface area contributed by atoms with Crippen molar-refractivity contribution in [3.8, 4) is 5.75 Å². The summed E-state index contributed by atoms with van der Waals surface area (Å²) in [6.07, 6.45) is 3.48. The van der Waals surface area contributed by atoms with Gasteiger partial charge in [-0.05, 0) is 83.2 Å². The highest BCUT2D eigenvalue weighted by molar-refractivity contribution is 5.99. The zero-order valence-electron chi connectivity index (χ0n) is 27.0. The summed E-state index contributed by atoms with van der Waals surface area (Å²) in [5, 5.41) is 5.84. The molecule has 8 nitrogen and oxygen atoms in total. The van der Waals surface area contributed by atoms with E-state index >= 15 is 0 Å². The standard InChI is InChI=1S/C34H51N3O5/c1-10-11-12-13-18-37(32(39)29(19-23(2)3)36-33(40)42-34(6,7)8)30(26-21-24(4)20-25(5)22-26)31(38)35-27-14-16-28(41-9)17-15-27/h14-17,20-23,29-30H,10-13,18-19H2,1-9H3,(H,35,38)(H,36,40). The van der Waals surface area contributed by atoms with Gasteiger partial charge in [-0.15, -0.1) is 0 Å². The first-order chi connectivity index (χ1) is 19.7. The van der Waals surface area contributed by atoms with E-state index in [4.69, 9.17) is 9.47 Å². The summed E-state index contributed by atoms with van der Waals surface area (Å²) in [5.41, 5.74) is 2.60. The van der Waals surface area contributed by atoms with Crippen LogP contribution >= 0.6 is 0 Å². The van der Waals surface area contributed by atoms with Gasteiger partial charge in [0, 0.05) is 12.2 Å². The van der Waals surface area contributed by atoms with Gasteiger partial charge in [-0.1, -0.05) is 69.4 Å². The van der Waals surface area contributed by atoms with Gasteiger partial charge >= 0.3 is 6.09 Å². The van der Waals surface area contributed by atoms with Crippen molar-refractivity contribution in [1.29, 1.82) is 0 Å². The van der Waals surface area contributed by atoms with Crippen LogP contribution in [0.25, 0.3) is 0 Å². The molecule has 8 heteroatoms. The highest BCUT2D eigenvalue weighted by Crippen LogP contribution is 2.28. The van der Waals surface area contributed by atoms with E-state index in [-0.39, 0.29) is 17.7 Å². The molecule has 0 bridgehead atoms. The van der Waals surface area contributed by atoms with Crippen molar-refractivity contribution in [3.05, 3.63) is 59.2 Å². The maximum atomic E-state index is 14.4. The second kappa shape index (κ2) is 16.2. The zero-order valence-corrected chi connectivity index (χ0v) is 27.0. The molecule has 0 aromatic heterocycles. The Hall–Kier alpha value is -3.55. The predicted molar refractivity (Wildman–Crippen MR) is 169 cm³/mol. The molecule has 42 heavy (non-hydrogen) atoms. The highest BCUT2D eigenvalue weighted by Gasteiger charge is 2.36. The van der Waals surface area contributed by atoms with Crippen LogP contribution < -0.4 is 15.4 Å². The Morgan fingerprint density at radius 2 is 1.55 bits per heavy atom. The van der Waals surface area contributed by atoms with Crippen LogP contribution in [-0.2, 0) is 14.3 Å². The number of amides is 3. The maximum absolute atomic E-state index is 14.4. The minimum Gasteiger partial charge on any atom is -0.497 e. The largest absolute Gasteiger partial charge is 0.497 e. The number of rotatable bonds is 14. The Kier molecular flexibility index (Phi) is 13.4. The van der Waals surface area contributed by atoms with Gasteiger partial charge in [0.05, 0.1) is 7.11 Å². The van der Waals surface area contributed by atoms with E-state index in [9.17, 15) is 14.4 Å². The molecule has 0 saturated heterocycles. The number of hydrogen-bond acceptors (Lipinski definition) is 5. The first-order valence-electron chi connectivity index (χ1n) is 15.1. The fourth-order valence-corrected chi connectivity index (χ4v) is 4.94. The van der Waals surface area contributed by atoms with Crippen LogP contribution in [0.5, 0.6) is 5.75 Å². The van der Waals surface area contributed by atoms with E-state index in [2.05, 4.69) is 17.6 Å². The summed E-state index contributed by atoms with van der Waals surface area (Å²) < 4.78 is 10.8. The molecule has 0 fully saturated rings. The maximum Gasteiger partial charge on any atom is 0.408 e. The van der Waals surface area contributed by atoms with Crippen LogP contribution in [-0.4, -0.2) is 48.1 Å². The van der Waals surface area contributed by atoms with Crippen LogP contribution in [0.3, 0.4) is 0 Å². The molecular weight excluding hydrogens is 530 g/mol. The van der Waals surface area contributed by atoms with Crippen LogP contribution in [0.15, 0.2) is 42.5 Å². The minimum absolute atomic E-state index is 0.114. The second-order valence-corrected chi connectivity index (χ2v) is 12.5. The molecule has 2 unspecified atom stereocenters. The van der Waals surface area contributed by atoms with E-state index in [0.717, 1.165) is 42.4 Å². The number of aryl methyl sites for hydroxylation is 2. The number of unbranched alkanes of at least 4 members (excludes halogenated alkanes) is 3. The lowest BCUT2D eigenvalue weighted by Gasteiger charge is -2.35. The molecular formula is C34H51N3O5. The summed E-state index contributed by atoms with van der Waals surface area (Å²) in [6, 6.07) is 11.3. The second-order valence-electron chi connectivity index (χ2n) is 12.5. The van der Waals surface area contributed by atoms with Crippen LogP contribution in [0.1, 0.15) is 96.4 Å². The number of carbonyl (C=O) groups is 3. The molecule has 2 aromatic carbocycles. The third-order valence-corrected chi connectivity index (χ3v) is 6.71. The topological polar surface area (TPSA) is 97.0 Å². The Bertz CT molecular complexity index is 1150. The van der Waals surface area contributed by atoms with Gasteiger partial charge < -0.3 is 25.0 Å². The van der Waals surface area contributed by atoms with E-state index in [1.807, 2.05) is 45.9 Å². The fraction of sp³-hybridized carbons (Fsp3) is 0.559. The Morgan fingerprint density at radius 3 is 2.07 bits per heavy atom. The number of anilines is 1. The fourth-order valence-electron chi connectivity index (χ4n) is 4.94. The van der Waals surface area contributed by atoms with Gasteiger partial charge in [-0.25, -0.2) is 4.79 Å². The molecule has 0 saturated carbocycles. The van der Waals surface area contributed by atoms with Gasteiger partial charge in [0.15, 0.2) is 0 Å². The smallest absolute Gasteiger partial charge is 0.408 e. The quantitative estimate of drug-likeness (QED) is 0.228. The molecule has 3 amide bonds. The van der Waals surface area contributed by atoms with Gasteiger partial charge in [-0.3, -0.25) is 9.59 Å². The lowest BCUT2D eigenvalue weighted by Crippen LogP contribution is -2.53. The van der Waals surface area contributed by atoms with Crippen molar-refractivity contribution in [2.75, 3.05) is 19.0 Å². The molecule has 2 atom stereocenters. The molecule has 2 N–H and O–H groups in total. The number of ether oxygens (including phenoxy) is 2. The number of nitrogens with one attached hydrogen (secondary N) is 2. The summed E-state index contributed by atoms with van der Waals surface area (Å²) in [5.74, 6) is 0.162. The predicted octanol–water partition coefficient (Wildman–Crippen LogP) is 7.34. The summed E-state index contributed by atoms with van der Waals surface area (Å²) in [4.78, 5) is 43.0. The van der Waals surface area contributed by atoms with Gasteiger partial charge in [-0.2, -0.15) is 0 Å². The van der Waals surface area contributed by atoms with Crippen molar-refractivity contribution >= 4 is 23.6 Å². The van der Waals surface area contributed by atoms with Gasteiger partial charge in [0.2, 0.25) is 5.91 Å². The molecule has 2 aromatic rings. The monoisotopic (exact) mass is 581 g/mol. The third kappa shape index (κ3) is 11.4. The molecule has 2 rings (SSSR count). The molecule has 0 spiro atoms. The van der Waals surface area contributed by atoms with Crippen molar-refractivity contribution in [2.24, 2.45) is 5.92 Å². The summed E-state index contributed by atoms with van der Waals surface area (Å²) >= 11 is 0.